The van der Waals surface area contributed by atoms with Crippen molar-refractivity contribution in [3.8, 4) is 0 Å². The van der Waals surface area contributed by atoms with Crippen molar-refractivity contribution in [1.29, 1.82) is 0 Å². The molecule has 1 nitrogen and oxygen atoms in total. The van der Waals surface area contributed by atoms with E-state index in [1.165, 1.54) is 0 Å². The number of nitrogens with one attached hydrogen (secondary N) is 1. The van der Waals surface area contributed by atoms with Gasteiger partial charge in [-0.2, -0.15) is 13.2 Å². The Balaban J connectivity index is 2.02. The normalized spacial score (nSPS) is 39.2. The summed E-state index contributed by atoms with van der Waals surface area (Å²) in [6, 6.07) is 0. The van der Waals surface area contributed by atoms with Gasteiger partial charge >= 0.3 is 6.18 Å². The van der Waals surface area contributed by atoms with Crippen LogP contribution in [0.3, 0.4) is 0 Å². The minimum absolute atomic E-state index is 0.106. The summed E-state index contributed by atoms with van der Waals surface area (Å²) >= 11 is 0. The minimum atomic E-state index is -3.97. The highest BCUT2D eigenvalue weighted by Crippen LogP contribution is 2.47. The Bertz CT molecular complexity index is 196. The summed E-state index contributed by atoms with van der Waals surface area (Å²) < 4.78 is 37.9. The van der Waals surface area contributed by atoms with Crippen molar-refractivity contribution < 1.29 is 13.2 Å². The maximum atomic E-state index is 12.6. The molecule has 14 heavy (non-hydrogen) atoms. The summed E-state index contributed by atoms with van der Waals surface area (Å²) in [6.45, 7) is 1.68. The molecule has 1 aliphatic heterocycles. The first-order chi connectivity index (χ1) is 6.59. The quantitative estimate of drug-likeness (QED) is 0.696. The van der Waals surface area contributed by atoms with Crippen LogP contribution >= 0.6 is 0 Å². The van der Waals surface area contributed by atoms with E-state index in [1.807, 2.05) is 0 Å². The summed E-state index contributed by atoms with van der Waals surface area (Å²) in [5, 5.41) is 3.15. The van der Waals surface area contributed by atoms with Gasteiger partial charge in [-0.05, 0) is 44.2 Å². The summed E-state index contributed by atoms with van der Waals surface area (Å²) in [4.78, 5) is 0. The molecular weight excluding hydrogens is 191 g/mol. The van der Waals surface area contributed by atoms with E-state index in [0.717, 1.165) is 32.4 Å². The molecule has 0 spiro atoms. The zero-order valence-corrected chi connectivity index (χ0v) is 8.11. The molecule has 0 aromatic rings. The molecule has 1 saturated heterocycles. The van der Waals surface area contributed by atoms with Crippen LogP contribution in [0.4, 0.5) is 13.2 Å². The molecule has 3 atom stereocenters. The first kappa shape index (κ1) is 10.3. The van der Waals surface area contributed by atoms with Crippen LogP contribution < -0.4 is 5.32 Å². The van der Waals surface area contributed by atoms with E-state index in [1.54, 1.807) is 0 Å². The number of hydrogen-bond donors (Lipinski definition) is 1. The van der Waals surface area contributed by atoms with Gasteiger partial charge in [-0.1, -0.05) is 6.42 Å². The van der Waals surface area contributed by atoms with Crippen molar-refractivity contribution in [3.63, 3.8) is 0 Å². The van der Waals surface area contributed by atoms with E-state index in [2.05, 4.69) is 5.32 Å². The number of alkyl halides is 3. The monoisotopic (exact) mass is 207 g/mol. The van der Waals surface area contributed by atoms with E-state index in [0.29, 0.717) is 6.42 Å². The predicted octanol–water partition coefficient (Wildman–Crippen LogP) is 2.57. The fourth-order valence-electron chi connectivity index (χ4n) is 3.00. The Morgan fingerprint density at radius 2 is 1.86 bits per heavy atom. The summed E-state index contributed by atoms with van der Waals surface area (Å²) in [5.41, 5.74) is 0. The molecule has 1 N–H and O–H groups in total. The summed E-state index contributed by atoms with van der Waals surface area (Å²) in [6.07, 6.45) is -1.16. The molecule has 1 heterocycles. The van der Waals surface area contributed by atoms with Gasteiger partial charge in [0.25, 0.3) is 0 Å². The molecule has 0 amide bonds. The molecule has 2 rings (SSSR count). The summed E-state index contributed by atoms with van der Waals surface area (Å²) in [5.74, 6) is -0.860. The van der Waals surface area contributed by atoms with Crippen LogP contribution in [-0.2, 0) is 0 Å². The molecule has 82 valence electrons. The predicted molar refractivity (Wildman–Crippen MR) is 47.9 cm³/mol. The van der Waals surface area contributed by atoms with E-state index in [9.17, 15) is 13.2 Å². The van der Waals surface area contributed by atoms with Gasteiger partial charge in [-0.25, -0.2) is 0 Å². The van der Waals surface area contributed by atoms with Gasteiger partial charge in [0.15, 0.2) is 0 Å². The molecule has 4 heteroatoms. The van der Waals surface area contributed by atoms with Crippen LogP contribution in [0.25, 0.3) is 0 Å². The number of hydrogen-bond acceptors (Lipinski definition) is 1. The second-order valence-corrected chi connectivity index (χ2v) is 4.50. The Kier molecular flexibility index (Phi) is 2.73. The molecule has 0 aromatic heterocycles. The van der Waals surface area contributed by atoms with Crippen LogP contribution in [0.5, 0.6) is 0 Å². The summed E-state index contributed by atoms with van der Waals surface area (Å²) in [7, 11) is 0. The standard InChI is InChI=1S/C10H16F3N/c11-10(12,13)9-3-1-2-8(9)7-4-5-14-6-7/h7-9,14H,1-6H2. The average molecular weight is 207 g/mol. The zero-order valence-electron chi connectivity index (χ0n) is 8.11. The molecule has 0 aromatic carbocycles. The molecule has 2 fully saturated rings. The highest BCUT2D eigenvalue weighted by molar-refractivity contribution is 4.89. The van der Waals surface area contributed by atoms with Gasteiger partial charge in [0.05, 0.1) is 5.92 Å². The molecule has 0 bridgehead atoms. The second-order valence-electron chi connectivity index (χ2n) is 4.50. The number of rotatable bonds is 1. The lowest BCUT2D eigenvalue weighted by molar-refractivity contribution is -0.187. The van der Waals surface area contributed by atoms with Crippen molar-refractivity contribution in [2.75, 3.05) is 13.1 Å². The van der Waals surface area contributed by atoms with E-state index in [-0.39, 0.29) is 11.8 Å². The van der Waals surface area contributed by atoms with Gasteiger partial charge in [0.2, 0.25) is 0 Å². The fraction of sp³-hybridized carbons (Fsp3) is 1.00. The van der Waals surface area contributed by atoms with Crippen molar-refractivity contribution in [2.24, 2.45) is 17.8 Å². The van der Waals surface area contributed by atoms with Gasteiger partial charge in [0.1, 0.15) is 0 Å². The van der Waals surface area contributed by atoms with Gasteiger partial charge in [-0.15, -0.1) is 0 Å². The van der Waals surface area contributed by atoms with E-state index < -0.39 is 12.1 Å². The van der Waals surface area contributed by atoms with E-state index in [4.69, 9.17) is 0 Å². The molecule has 1 aliphatic carbocycles. The lowest BCUT2D eigenvalue weighted by Crippen LogP contribution is -2.31. The maximum absolute atomic E-state index is 12.6. The first-order valence-corrected chi connectivity index (χ1v) is 5.36. The van der Waals surface area contributed by atoms with Crippen molar-refractivity contribution in [3.05, 3.63) is 0 Å². The SMILES string of the molecule is FC(F)(F)C1CCCC1C1CCNC1. The number of halogens is 3. The minimum Gasteiger partial charge on any atom is -0.316 e. The highest BCUT2D eigenvalue weighted by atomic mass is 19.4. The topological polar surface area (TPSA) is 12.0 Å². The molecule has 2 aliphatic rings. The Labute approximate surface area is 82.1 Å². The van der Waals surface area contributed by atoms with E-state index >= 15 is 0 Å². The van der Waals surface area contributed by atoms with Crippen LogP contribution in [-0.4, -0.2) is 19.3 Å². The first-order valence-electron chi connectivity index (χ1n) is 5.36. The maximum Gasteiger partial charge on any atom is 0.392 e. The average Bonchev–Trinajstić information content (AvgIpc) is 2.73. The van der Waals surface area contributed by atoms with Gasteiger partial charge in [-0.3, -0.25) is 0 Å². The third kappa shape index (κ3) is 1.90. The lowest BCUT2D eigenvalue weighted by atomic mass is 9.83. The van der Waals surface area contributed by atoms with Gasteiger partial charge < -0.3 is 5.32 Å². The van der Waals surface area contributed by atoms with Crippen LogP contribution in [0, 0.1) is 17.8 Å². The molecule has 0 radical (unpaired) electrons. The van der Waals surface area contributed by atoms with Crippen molar-refractivity contribution in [2.45, 2.75) is 31.9 Å². The third-order valence-electron chi connectivity index (χ3n) is 3.69. The second kappa shape index (κ2) is 3.72. The van der Waals surface area contributed by atoms with Crippen LogP contribution in [0.2, 0.25) is 0 Å². The molecule has 3 unspecified atom stereocenters. The Morgan fingerprint density at radius 1 is 1.07 bits per heavy atom. The third-order valence-corrected chi connectivity index (χ3v) is 3.69. The van der Waals surface area contributed by atoms with Crippen LogP contribution in [0.1, 0.15) is 25.7 Å². The van der Waals surface area contributed by atoms with Gasteiger partial charge in [0, 0.05) is 0 Å². The van der Waals surface area contributed by atoms with Crippen LogP contribution in [0.15, 0.2) is 0 Å². The van der Waals surface area contributed by atoms with Crippen molar-refractivity contribution in [1.82, 2.24) is 5.32 Å². The molecule has 1 saturated carbocycles. The molecular formula is C10H16F3N. The van der Waals surface area contributed by atoms with Crippen molar-refractivity contribution >= 4 is 0 Å². The Morgan fingerprint density at radius 3 is 2.43 bits per heavy atom. The fourth-order valence-corrected chi connectivity index (χ4v) is 3.00. The lowest BCUT2D eigenvalue weighted by Gasteiger charge is -2.26. The largest absolute Gasteiger partial charge is 0.392 e. The zero-order chi connectivity index (χ0) is 10.2. The smallest absolute Gasteiger partial charge is 0.316 e. The Hall–Kier alpha value is -0.250. The highest BCUT2D eigenvalue weighted by Gasteiger charge is 2.49.